The van der Waals surface area contributed by atoms with E-state index in [0.717, 1.165) is 24.1 Å². The molecule has 0 aromatic carbocycles. The monoisotopic (exact) mass is 274 g/mol. The standard InChI is InChI=1S/C13H18N6O/c1-2-15-11-10-12(18-13(14)17-11)19(7-16-10)9-4-3-8(5-9)6-20/h3-4,7-9,20H,2,5-6H2,1H3,(H3,14,15,17,18)/t8-,9+/m0/s1. The first-order valence-corrected chi connectivity index (χ1v) is 6.76. The number of aliphatic hydroxyl groups is 1. The van der Waals surface area contributed by atoms with Crippen molar-refractivity contribution in [3.05, 3.63) is 18.5 Å². The van der Waals surface area contributed by atoms with Gasteiger partial charge in [0, 0.05) is 19.1 Å². The molecule has 0 amide bonds. The van der Waals surface area contributed by atoms with Crippen LogP contribution in [0.3, 0.4) is 0 Å². The third-order valence-corrected chi connectivity index (χ3v) is 3.52. The zero-order valence-electron chi connectivity index (χ0n) is 11.3. The molecule has 7 heteroatoms. The molecule has 106 valence electrons. The fourth-order valence-corrected chi connectivity index (χ4v) is 2.56. The van der Waals surface area contributed by atoms with Crippen LogP contribution >= 0.6 is 0 Å². The highest BCUT2D eigenvalue weighted by atomic mass is 16.3. The third kappa shape index (κ3) is 2.09. The zero-order valence-corrected chi connectivity index (χ0v) is 11.3. The van der Waals surface area contributed by atoms with Gasteiger partial charge in [-0.15, -0.1) is 0 Å². The normalized spacial score (nSPS) is 21.7. The van der Waals surface area contributed by atoms with E-state index in [-0.39, 0.29) is 24.5 Å². The van der Waals surface area contributed by atoms with Gasteiger partial charge in [0.2, 0.25) is 5.95 Å². The minimum absolute atomic E-state index is 0.154. The third-order valence-electron chi connectivity index (χ3n) is 3.52. The molecule has 3 rings (SSSR count). The number of fused-ring (bicyclic) bond motifs is 1. The molecule has 1 aliphatic rings. The highest BCUT2D eigenvalue weighted by Crippen LogP contribution is 2.31. The number of nitrogens with one attached hydrogen (secondary N) is 1. The molecule has 0 radical (unpaired) electrons. The van der Waals surface area contributed by atoms with Crippen LogP contribution in [-0.2, 0) is 0 Å². The molecule has 0 saturated carbocycles. The molecule has 0 spiro atoms. The predicted octanol–water partition coefficient (Wildman–Crippen LogP) is 0.950. The molecule has 2 heterocycles. The van der Waals surface area contributed by atoms with Crippen molar-refractivity contribution in [2.75, 3.05) is 24.2 Å². The lowest BCUT2D eigenvalue weighted by Gasteiger charge is -2.13. The van der Waals surface area contributed by atoms with Crippen LogP contribution in [0.15, 0.2) is 18.5 Å². The maximum absolute atomic E-state index is 9.22. The Morgan fingerprint density at radius 1 is 1.45 bits per heavy atom. The summed E-state index contributed by atoms with van der Waals surface area (Å²) in [6.07, 6.45) is 6.72. The van der Waals surface area contributed by atoms with Gasteiger partial charge in [-0.05, 0) is 13.3 Å². The number of imidazole rings is 1. The van der Waals surface area contributed by atoms with E-state index in [1.54, 1.807) is 6.33 Å². The summed E-state index contributed by atoms with van der Waals surface area (Å²) in [4.78, 5) is 12.9. The summed E-state index contributed by atoms with van der Waals surface area (Å²) in [5.41, 5.74) is 7.22. The van der Waals surface area contributed by atoms with Gasteiger partial charge in [0.05, 0.1) is 12.4 Å². The van der Waals surface area contributed by atoms with E-state index in [4.69, 9.17) is 5.73 Å². The van der Waals surface area contributed by atoms with Gasteiger partial charge in [-0.3, -0.25) is 0 Å². The summed E-state index contributed by atoms with van der Waals surface area (Å²) in [6, 6.07) is 0.154. The molecule has 20 heavy (non-hydrogen) atoms. The second-order valence-corrected chi connectivity index (χ2v) is 4.92. The van der Waals surface area contributed by atoms with Crippen molar-refractivity contribution in [3.8, 4) is 0 Å². The number of hydrogen-bond acceptors (Lipinski definition) is 6. The number of rotatable bonds is 4. The second kappa shape index (κ2) is 5.09. The minimum atomic E-state index is 0.154. The number of nitrogens with zero attached hydrogens (tertiary/aromatic N) is 4. The lowest BCUT2D eigenvalue weighted by atomic mass is 10.1. The first-order valence-electron chi connectivity index (χ1n) is 6.76. The lowest BCUT2D eigenvalue weighted by molar-refractivity contribution is 0.244. The number of anilines is 2. The number of hydrogen-bond donors (Lipinski definition) is 3. The van der Waals surface area contributed by atoms with Crippen LogP contribution in [-0.4, -0.2) is 37.8 Å². The van der Waals surface area contributed by atoms with Crippen molar-refractivity contribution >= 4 is 22.9 Å². The van der Waals surface area contributed by atoms with E-state index in [0.29, 0.717) is 5.82 Å². The Hall–Kier alpha value is -2.15. The Balaban J connectivity index is 2.03. The van der Waals surface area contributed by atoms with Crippen LogP contribution in [0.2, 0.25) is 0 Å². The Labute approximate surface area is 116 Å². The summed E-state index contributed by atoms with van der Waals surface area (Å²) < 4.78 is 1.99. The smallest absolute Gasteiger partial charge is 0.224 e. The van der Waals surface area contributed by atoms with Crippen molar-refractivity contribution < 1.29 is 5.11 Å². The van der Waals surface area contributed by atoms with Crippen LogP contribution < -0.4 is 11.1 Å². The highest BCUT2D eigenvalue weighted by molar-refractivity contribution is 5.84. The molecule has 0 aliphatic heterocycles. The molecular formula is C13H18N6O. The van der Waals surface area contributed by atoms with Gasteiger partial charge in [0.15, 0.2) is 17.0 Å². The van der Waals surface area contributed by atoms with Gasteiger partial charge in [0.25, 0.3) is 0 Å². The Morgan fingerprint density at radius 2 is 2.30 bits per heavy atom. The van der Waals surface area contributed by atoms with E-state index < -0.39 is 0 Å². The summed E-state index contributed by atoms with van der Waals surface area (Å²) >= 11 is 0. The summed E-state index contributed by atoms with van der Waals surface area (Å²) in [5, 5.41) is 12.4. The molecule has 0 fully saturated rings. The fourth-order valence-electron chi connectivity index (χ4n) is 2.56. The van der Waals surface area contributed by atoms with Crippen LogP contribution in [0.5, 0.6) is 0 Å². The van der Waals surface area contributed by atoms with Gasteiger partial charge in [0.1, 0.15) is 0 Å². The Morgan fingerprint density at radius 3 is 3.00 bits per heavy atom. The summed E-state index contributed by atoms with van der Waals surface area (Å²) in [5.74, 6) is 1.09. The quantitative estimate of drug-likeness (QED) is 0.717. The first-order chi connectivity index (χ1) is 9.72. The number of nitrogen functional groups attached to an aromatic ring is 1. The number of nitrogens with two attached hydrogens (primary N) is 1. The molecule has 1 aliphatic carbocycles. The fraction of sp³-hybridized carbons (Fsp3) is 0.462. The molecule has 2 aromatic rings. The molecule has 2 atom stereocenters. The molecule has 4 N–H and O–H groups in total. The van der Waals surface area contributed by atoms with Gasteiger partial charge in [-0.1, -0.05) is 12.2 Å². The van der Waals surface area contributed by atoms with Crippen molar-refractivity contribution in [1.82, 2.24) is 19.5 Å². The van der Waals surface area contributed by atoms with Gasteiger partial charge in [-0.2, -0.15) is 9.97 Å². The van der Waals surface area contributed by atoms with E-state index in [1.807, 2.05) is 17.6 Å². The summed E-state index contributed by atoms with van der Waals surface area (Å²) in [7, 11) is 0. The maximum atomic E-state index is 9.22. The lowest BCUT2D eigenvalue weighted by Crippen LogP contribution is -2.09. The second-order valence-electron chi connectivity index (χ2n) is 4.92. The molecule has 2 aromatic heterocycles. The van der Waals surface area contributed by atoms with Crippen molar-refractivity contribution in [3.63, 3.8) is 0 Å². The van der Waals surface area contributed by atoms with E-state index in [2.05, 4.69) is 26.3 Å². The Bertz CT molecular complexity index is 650. The molecule has 0 saturated heterocycles. The van der Waals surface area contributed by atoms with Crippen molar-refractivity contribution in [2.24, 2.45) is 5.92 Å². The molecule has 0 unspecified atom stereocenters. The zero-order chi connectivity index (χ0) is 14.1. The van der Waals surface area contributed by atoms with Crippen LogP contribution in [0.4, 0.5) is 11.8 Å². The summed E-state index contributed by atoms with van der Waals surface area (Å²) in [6.45, 7) is 2.90. The Kier molecular flexibility index (Phi) is 3.27. The number of aromatic nitrogens is 4. The van der Waals surface area contributed by atoms with Gasteiger partial charge < -0.3 is 20.7 Å². The average Bonchev–Trinajstić information content (AvgIpc) is 3.04. The van der Waals surface area contributed by atoms with Crippen molar-refractivity contribution in [2.45, 2.75) is 19.4 Å². The SMILES string of the molecule is CCNc1nc(N)nc2c1ncn2[C@@H]1C=C[C@H](CO)C1. The molecule has 7 nitrogen and oxygen atoms in total. The van der Waals surface area contributed by atoms with Crippen LogP contribution in [0.25, 0.3) is 11.2 Å². The number of aliphatic hydroxyl groups excluding tert-OH is 1. The highest BCUT2D eigenvalue weighted by Gasteiger charge is 2.22. The first kappa shape index (κ1) is 12.9. The van der Waals surface area contributed by atoms with Crippen LogP contribution in [0.1, 0.15) is 19.4 Å². The van der Waals surface area contributed by atoms with Crippen LogP contribution in [0, 0.1) is 5.92 Å². The molecular weight excluding hydrogens is 256 g/mol. The van der Waals surface area contributed by atoms with Gasteiger partial charge in [-0.25, -0.2) is 4.98 Å². The largest absolute Gasteiger partial charge is 0.396 e. The topological polar surface area (TPSA) is 102 Å². The average molecular weight is 274 g/mol. The molecule has 0 bridgehead atoms. The minimum Gasteiger partial charge on any atom is -0.396 e. The predicted molar refractivity (Wildman–Crippen MR) is 77.3 cm³/mol. The van der Waals surface area contributed by atoms with E-state index in [1.165, 1.54) is 0 Å². The maximum Gasteiger partial charge on any atom is 0.224 e. The van der Waals surface area contributed by atoms with E-state index >= 15 is 0 Å². The van der Waals surface area contributed by atoms with E-state index in [9.17, 15) is 5.11 Å². The number of allylic oxidation sites excluding steroid dienone is 1. The van der Waals surface area contributed by atoms with Gasteiger partial charge >= 0.3 is 0 Å². The van der Waals surface area contributed by atoms with Crippen molar-refractivity contribution in [1.29, 1.82) is 0 Å².